The van der Waals surface area contributed by atoms with Crippen molar-refractivity contribution < 1.29 is 4.79 Å². The van der Waals surface area contributed by atoms with Crippen molar-refractivity contribution in [2.24, 2.45) is 0 Å². The highest BCUT2D eigenvalue weighted by molar-refractivity contribution is 5.73. The van der Waals surface area contributed by atoms with E-state index in [4.69, 9.17) is 0 Å². The summed E-state index contributed by atoms with van der Waals surface area (Å²) in [6.07, 6.45) is 10.4. The lowest BCUT2D eigenvalue weighted by molar-refractivity contribution is 0.174. The molecule has 4 nitrogen and oxygen atoms in total. The highest BCUT2D eigenvalue weighted by atomic mass is 16.2. The molecule has 1 saturated heterocycles. The maximum absolute atomic E-state index is 11.7. The fourth-order valence-corrected chi connectivity index (χ4v) is 2.80. The smallest absolute Gasteiger partial charge is 0.317 e. The molecule has 118 valence electrons. The van der Waals surface area contributed by atoms with E-state index >= 15 is 0 Å². The SMILES string of the molecule is CCCCCCCCN1CCC[C@H](NC(=O)N(C)C)C1. The first-order chi connectivity index (χ1) is 9.63. The van der Waals surface area contributed by atoms with Crippen LogP contribution < -0.4 is 5.32 Å². The summed E-state index contributed by atoms with van der Waals surface area (Å²) < 4.78 is 0. The van der Waals surface area contributed by atoms with Crippen LogP contribution in [-0.2, 0) is 0 Å². The maximum atomic E-state index is 11.7. The van der Waals surface area contributed by atoms with E-state index in [1.807, 2.05) is 0 Å². The topological polar surface area (TPSA) is 35.6 Å². The first-order valence-corrected chi connectivity index (χ1v) is 8.33. The summed E-state index contributed by atoms with van der Waals surface area (Å²) in [4.78, 5) is 15.8. The van der Waals surface area contributed by atoms with Crippen molar-refractivity contribution >= 4 is 6.03 Å². The van der Waals surface area contributed by atoms with Gasteiger partial charge in [0.2, 0.25) is 0 Å². The van der Waals surface area contributed by atoms with E-state index < -0.39 is 0 Å². The number of nitrogens with one attached hydrogen (secondary N) is 1. The molecule has 0 bridgehead atoms. The molecule has 0 spiro atoms. The van der Waals surface area contributed by atoms with E-state index in [1.165, 1.54) is 58.0 Å². The van der Waals surface area contributed by atoms with E-state index in [1.54, 1.807) is 19.0 Å². The third-order valence-corrected chi connectivity index (χ3v) is 4.07. The second-order valence-electron chi connectivity index (χ2n) is 6.25. The zero-order chi connectivity index (χ0) is 14.8. The molecule has 0 aromatic rings. The number of hydrogen-bond acceptors (Lipinski definition) is 2. The number of unbranched alkanes of at least 4 members (excludes halogenated alkanes) is 5. The van der Waals surface area contributed by atoms with Crippen molar-refractivity contribution in [1.29, 1.82) is 0 Å². The van der Waals surface area contributed by atoms with Crippen LogP contribution in [0, 0.1) is 0 Å². The van der Waals surface area contributed by atoms with E-state index in [0.29, 0.717) is 6.04 Å². The Labute approximate surface area is 124 Å². The van der Waals surface area contributed by atoms with E-state index in [2.05, 4.69) is 17.1 Å². The Morgan fingerprint density at radius 2 is 1.90 bits per heavy atom. The molecule has 0 aliphatic carbocycles. The highest BCUT2D eigenvalue weighted by Gasteiger charge is 2.21. The second-order valence-corrected chi connectivity index (χ2v) is 6.25. The highest BCUT2D eigenvalue weighted by Crippen LogP contribution is 2.12. The number of urea groups is 1. The van der Waals surface area contributed by atoms with Gasteiger partial charge in [-0.3, -0.25) is 0 Å². The van der Waals surface area contributed by atoms with Crippen LogP contribution in [0.25, 0.3) is 0 Å². The van der Waals surface area contributed by atoms with Crippen molar-refractivity contribution in [2.75, 3.05) is 33.7 Å². The number of likely N-dealkylation sites (tertiary alicyclic amines) is 1. The number of rotatable bonds is 8. The van der Waals surface area contributed by atoms with E-state index in [9.17, 15) is 4.79 Å². The first-order valence-electron chi connectivity index (χ1n) is 8.33. The van der Waals surface area contributed by atoms with Gasteiger partial charge in [-0.1, -0.05) is 39.0 Å². The normalized spacial score (nSPS) is 19.9. The molecule has 1 rings (SSSR count). The third kappa shape index (κ3) is 7.13. The van der Waals surface area contributed by atoms with Gasteiger partial charge >= 0.3 is 6.03 Å². The van der Waals surface area contributed by atoms with Gasteiger partial charge in [-0.25, -0.2) is 4.79 Å². The molecule has 0 aromatic carbocycles. The van der Waals surface area contributed by atoms with Crippen LogP contribution in [0.4, 0.5) is 4.79 Å². The Kier molecular flexibility index (Phi) is 8.67. The fourth-order valence-electron chi connectivity index (χ4n) is 2.80. The average Bonchev–Trinajstić information content (AvgIpc) is 2.43. The number of piperidine rings is 1. The molecule has 1 atom stereocenters. The Bertz CT molecular complexity index is 268. The average molecular weight is 283 g/mol. The zero-order valence-electron chi connectivity index (χ0n) is 13.7. The lowest BCUT2D eigenvalue weighted by Crippen LogP contribution is -2.50. The van der Waals surface area contributed by atoms with Crippen molar-refractivity contribution in [2.45, 2.75) is 64.3 Å². The lowest BCUT2D eigenvalue weighted by atomic mass is 10.0. The van der Waals surface area contributed by atoms with Gasteiger partial charge in [0.15, 0.2) is 0 Å². The minimum atomic E-state index is 0.0383. The van der Waals surface area contributed by atoms with Gasteiger partial charge in [0.25, 0.3) is 0 Å². The van der Waals surface area contributed by atoms with Gasteiger partial charge in [-0.05, 0) is 32.4 Å². The third-order valence-electron chi connectivity index (χ3n) is 4.07. The molecule has 2 amide bonds. The van der Waals surface area contributed by atoms with Crippen LogP contribution in [0.1, 0.15) is 58.3 Å². The predicted octanol–water partition coefficient (Wildman–Crippen LogP) is 3.08. The van der Waals surface area contributed by atoms with E-state index in [0.717, 1.165) is 13.0 Å². The molecule has 0 saturated carbocycles. The summed E-state index contributed by atoms with van der Waals surface area (Å²) in [5.74, 6) is 0. The lowest BCUT2D eigenvalue weighted by Gasteiger charge is -2.33. The molecule has 1 aliphatic rings. The Hall–Kier alpha value is -0.770. The van der Waals surface area contributed by atoms with Gasteiger partial charge in [-0.2, -0.15) is 0 Å². The van der Waals surface area contributed by atoms with Gasteiger partial charge < -0.3 is 15.1 Å². The van der Waals surface area contributed by atoms with Gasteiger partial charge in [0, 0.05) is 26.7 Å². The Morgan fingerprint density at radius 3 is 2.60 bits per heavy atom. The quantitative estimate of drug-likeness (QED) is 0.695. The van der Waals surface area contributed by atoms with Gasteiger partial charge in [0.1, 0.15) is 0 Å². The molecule has 0 radical (unpaired) electrons. The summed E-state index contributed by atoms with van der Waals surface area (Å²) in [6.45, 7) is 5.67. The number of carbonyl (C=O) groups is 1. The molecule has 0 aromatic heterocycles. The molecule has 20 heavy (non-hydrogen) atoms. The summed E-state index contributed by atoms with van der Waals surface area (Å²) in [7, 11) is 3.60. The van der Waals surface area contributed by atoms with Crippen molar-refractivity contribution in [3.05, 3.63) is 0 Å². The van der Waals surface area contributed by atoms with Crippen LogP contribution in [0.2, 0.25) is 0 Å². The number of carbonyl (C=O) groups excluding carboxylic acids is 1. The Morgan fingerprint density at radius 1 is 1.20 bits per heavy atom. The number of nitrogens with zero attached hydrogens (tertiary/aromatic N) is 2. The number of hydrogen-bond donors (Lipinski definition) is 1. The first kappa shape index (κ1) is 17.3. The Balaban J connectivity index is 2.12. The van der Waals surface area contributed by atoms with Crippen molar-refractivity contribution in [3.8, 4) is 0 Å². The molecule has 1 aliphatic heterocycles. The van der Waals surface area contributed by atoms with E-state index in [-0.39, 0.29) is 6.03 Å². The maximum Gasteiger partial charge on any atom is 0.317 e. The minimum Gasteiger partial charge on any atom is -0.334 e. The summed E-state index contributed by atoms with van der Waals surface area (Å²) >= 11 is 0. The van der Waals surface area contributed by atoms with Crippen LogP contribution in [0.5, 0.6) is 0 Å². The van der Waals surface area contributed by atoms with Crippen LogP contribution in [0.3, 0.4) is 0 Å². The largest absolute Gasteiger partial charge is 0.334 e. The van der Waals surface area contributed by atoms with Crippen LogP contribution >= 0.6 is 0 Å². The van der Waals surface area contributed by atoms with Gasteiger partial charge in [-0.15, -0.1) is 0 Å². The second kappa shape index (κ2) is 10.0. The number of amides is 2. The molecule has 4 heteroatoms. The van der Waals surface area contributed by atoms with Crippen molar-refractivity contribution in [3.63, 3.8) is 0 Å². The molecule has 1 heterocycles. The predicted molar refractivity (Wildman–Crippen MR) is 85.1 cm³/mol. The molecule has 1 N–H and O–H groups in total. The van der Waals surface area contributed by atoms with Gasteiger partial charge in [0.05, 0.1) is 0 Å². The van der Waals surface area contributed by atoms with Crippen LogP contribution in [0.15, 0.2) is 0 Å². The molecule has 1 fully saturated rings. The minimum absolute atomic E-state index is 0.0383. The fraction of sp³-hybridized carbons (Fsp3) is 0.938. The summed E-state index contributed by atoms with van der Waals surface area (Å²) in [5, 5.41) is 3.11. The van der Waals surface area contributed by atoms with Crippen LogP contribution in [-0.4, -0.2) is 55.6 Å². The standard InChI is InChI=1S/C16H33N3O/c1-4-5-6-7-8-9-12-19-13-10-11-15(14-19)17-16(20)18(2)3/h15H,4-14H2,1-3H3,(H,17,20)/t15-/m0/s1. The molecular formula is C16H33N3O. The summed E-state index contributed by atoms with van der Waals surface area (Å²) in [6, 6.07) is 0.371. The molecule has 0 unspecified atom stereocenters. The summed E-state index contributed by atoms with van der Waals surface area (Å²) in [5.41, 5.74) is 0. The monoisotopic (exact) mass is 283 g/mol. The zero-order valence-corrected chi connectivity index (χ0v) is 13.7. The van der Waals surface area contributed by atoms with Crippen molar-refractivity contribution in [1.82, 2.24) is 15.1 Å². The molecular weight excluding hydrogens is 250 g/mol.